The first kappa shape index (κ1) is 16.7. The van der Waals surface area contributed by atoms with Crippen molar-refractivity contribution < 1.29 is 19.3 Å². The highest BCUT2D eigenvalue weighted by molar-refractivity contribution is 5.89. The molecule has 0 radical (unpaired) electrons. The maximum Gasteiger partial charge on any atom is 0.281 e. The molecule has 25 heavy (non-hydrogen) atoms. The molecule has 1 aliphatic heterocycles. The number of nitrogens with zero attached hydrogens (tertiary/aromatic N) is 2. The van der Waals surface area contributed by atoms with E-state index in [0.29, 0.717) is 6.42 Å². The molecule has 0 bridgehead atoms. The lowest BCUT2D eigenvalue weighted by molar-refractivity contribution is -0.386. The number of nitro benzene ring substituents is 2. The van der Waals surface area contributed by atoms with Crippen LogP contribution in [0.1, 0.15) is 20.3 Å². The van der Waals surface area contributed by atoms with Crippen LogP contribution < -0.4 is 9.47 Å². The van der Waals surface area contributed by atoms with E-state index in [1.54, 1.807) is 12.1 Å². The maximum atomic E-state index is 11.5. The van der Waals surface area contributed by atoms with Crippen molar-refractivity contribution in [2.24, 2.45) is 0 Å². The fraction of sp³-hybridized carbons (Fsp3) is 0.294. The Bertz CT molecular complexity index is 782. The molecule has 0 N–H and O–H groups in total. The van der Waals surface area contributed by atoms with E-state index in [1.165, 1.54) is 24.3 Å². The smallest absolute Gasteiger partial charge is 0.281 e. The summed E-state index contributed by atoms with van der Waals surface area (Å²) >= 11 is 0. The Labute approximate surface area is 143 Å². The van der Waals surface area contributed by atoms with Crippen LogP contribution in [0, 0.1) is 20.2 Å². The fourth-order valence-corrected chi connectivity index (χ4v) is 3.04. The van der Waals surface area contributed by atoms with Crippen molar-refractivity contribution >= 4 is 11.4 Å². The molecule has 0 fully saturated rings. The van der Waals surface area contributed by atoms with Crippen LogP contribution in [0.5, 0.6) is 11.5 Å². The Morgan fingerprint density at radius 1 is 0.840 bits per heavy atom. The van der Waals surface area contributed by atoms with Crippen LogP contribution in [-0.4, -0.2) is 22.1 Å². The quantitative estimate of drug-likeness (QED) is 0.600. The Hall–Kier alpha value is -3.16. The van der Waals surface area contributed by atoms with Gasteiger partial charge in [0.25, 0.3) is 11.4 Å². The van der Waals surface area contributed by atoms with Gasteiger partial charge >= 0.3 is 0 Å². The van der Waals surface area contributed by atoms with Crippen molar-refractivity contribution in [3.8, 4) is 22.6 Å². The first-order chi connectivity index (χ1) is 11.9. The van der Waals surface area contributed by atoms with Crippen molar-refractivity contribution in [3.63, 3.8) is 0 Å². The second-order valence-corrected chi connectivity index (χ2v) is 5.91. The summed E-state index contributed by atoms with van der Waals surface area (Å²) in [6.07, 6.45) is -0.0159. The van der Waals surface area contributed by atoms with Crippen LogP contribution in [0.2, 0.25) is 0 Å². The molecule has 0 spiro atoms. The molecule has 2 aromatic carbocycles. The largest absolute Gasteiger partial charge is 0.490 e. The second-order valence-electron chi connectivity index (χ2n) is 5.91. The highest BCUT2D eigenvalue weighted by Gasteiger charge is 2.32. The molecule has 0 aromatic heterocycles. The minimum Gasteiger partial charge on any atom is -0.490 e. The van der Waals surface area contributed by atoms with E-state index >= 15 is 0 Å². The van der Waals surface area contributed by atoms with Crippen molar-refractivity contribution in [1.29, 1.82) is 0 Å². The number of rotatable bonds is 2. The molecule has 8 nitrogen and oxygen atoms in total. The molecule has 0 unspecified atom stereocenters. The van der Waals surface area contributed by atoms with Crippen molar-refractivity contribution in [2.45, 2.75) is 32.5 Å². The van der Waals surface area contributed by atoms with Gasteiger partial charge in [0.15, 0.2) is 0 Å². The average molecular weight is 344 g/mol. The van der Waals surface area contributed by atoms with Crippen molar-refractivity contribution in [2.75, 3.05) is 0 Å². The van der Waals surface area contributed by atoms with Gasteiger partial charge in [-0.2, -0.15) is 0 Å². The molecule has 0 aliphatic carbocycles. The summed E-state index contributed by atoms with van der Waals surface area (Å²) in [5.74, 6) is 0.463. The Kier molecular flexibility index (Phi) is 4.26. The SMILES string of the molecule is C[C@H]1C[C@H](C)Oc2cccc([N+](=O)[O-])c2-c2c(cccc2[N+](=O)[O-])O1. The zero-order valence-electron chi connectivity index (χ0n) is 13.7. The maximum absolute atomic E-state index is 11.5. The van der Waals surface area contributed by atoms with Gasteiger partial charge in [-0.1, -0.05) is 12.1 Å². The molecule has 3 rings (SSSR count). The Morgan fingerprint density at radius 2 is 1.24 bits per heavy atom. The summed E-state index contributed by atoms with van der Waals surface area (Å²) in [5.41, 5.74) is -0.400. The van der Waals surface area contributed by atoms with E-state index in [2.05, 4.69) is 0 Å². The monoisotopic (exact) mass is 344 g/mol. The van der Waals surface area contributed by atoms with E-state index in [1.807, 2.05) is 13.8 Å². The molecule has 0 saturated heterocycles. The van der Waals surface area contributed by atoms with E-state index in [-0.39, 0.29) is 46.2 Å². The predicted molar refractivity (Wildman–Crippen MR) is 90.0 cm³/mol. The van der Waals surface area contributed by atoms with Gasteiger partial charge in [0.05, 0.1) is 22.1 Å². The van der Waals surface area contributed by atoms with Crippen LogP contribution in [0.4, 0.5) is 11.4 Å². The van der Waals surface area contributed by atoms with Gasteiger partial charge in [-0.05, 0) is 26.0 Å². The summed E-state index contributed by atoms with van der Waals surface area (Å²) < 4.78 is 11.7. The van der Waals surface area contributed by atoms with Crippen LogP contribution in [-0.2, 0) is 0 Å². The topological polar surface area (TPSA) is 105 Å². The summed E-state index contributed by atoms with van der Waals surface area (Å²) in [6.45, 7) is 3.65. The molecule has 2 atom stereocenters. The van der Waals surface area contributed by atoms with Gasteiger partial charge in [-0.3, -0.25) is 20.2 Å². The molecule has 0 amide bonds. The summed E-state index contributed by atoms with van der Waals surface area (Å²) in [7, 11) is 0. The van der Waals surface area contributed by atoms with E-state index in [4.69, 9.17) is 9.47 Å². The number of hydrogen-bond acceptors (Lipinski definition) is 6. The second kappa shape index (κ2) is 6.39. The van der Waals surface area contributed by atoms with Crippen LogP contribution in [0.25, 0.3) is 11.1 Å². The summed E-state index contributed by atoms with van der Waals surface area (Å²) in [4.78, 5) is 21.9. The zero-order valence-corrected chi connectivity index (χ0v) is 13.7. The third kappa shape index (κ3) is 3.10. The number of fused-ring (bicyclic) bond motifs is 3. The van der Waals surface area contributed by atoms with E-state index in [0.717, 1.165) is 0 Å². The first-order valence-corrected chi connectivity index (χ1v) is 7.77. The number of hydrogen-bond donors (Lipinski definition) is 0. The lowest BCUT2D eigenvalue weighted by Crippen LogP contribution is -2.22. The Morgan fingerprint density at radius 3 is 1.60 bits per heavy atom. The highest BCUT2D eigenvalue weighted by Crippen LogP contribution is 2.48. The molecule has 1 aliphatic rings. The number of ether oxygens (including phenoxy) is 2. The van der Waals surface area contributed by atoms with Gasteiger partial charge in [0.2, 0.25) is 0 Å². The van der Waals surface area contributed by atoms with Gasteiger partial charge in [0.1, 0.15) is 22.6 Å². The third-order valence-electron chi connectivity index (χ3n) is 3.97. The number of benzene rings is 2. The van der Waals surface area contributed by atoms with Gasteiger partial charge in [-0.25, -0.2) is 0 Å². The first-order valence-electron chi connectivity index (χ1n) is 7.77. The average Bonchev–Trinajstić information content (AvgIpc) is 2.58. The lowest BCUT2D eigenvalue weighted by Gasteiger charge is -2.18. The molecular weight excluding hydrogens is 328 g/mol. The molecule has 1 heterocycles. The van der Waals surface area contributed by atoms with Crippen LogP contribution >= 0.6 is 0 Å². The normalized spacial score (nSPS) is 19.1. The van der Waals surface area contributed by atoms with Crippen LogP contribution in [0.3, 0.4) is 0 Å². The molecular formula is C17H16N2O6. The third-order valence-corrected chi connectivity index (χ3v) is 3.97. The molecule has 130 valence electrons. The Balaban J connectivity index is 2.40. The minimum atomic E-state index is -0.575. The predicted octanol–water partition coefficient (Wildman–Crippen LogP) is 4.11. The van der Waals surface area contributed by atoms with E-state index in [9.17, 15) is 20.2 Å². The number of nitro groups is 2. The van der Waals surface area contributed by atoms with Crippen molar-refractivity contribution in [3.05, 3.63) is 56.6 Å². The lowest BCUT2D eigenvalue weighted by atomic mass is 9.99. The zero-order chi connectivity index (χ0) is 18.1. The molecule has 8 heteroatoms. The van der Waals surface area contributed by atoms with Crippen molar-refractivity contribution in [1.82, 2.24) is 0 Å². The summed E-state index contributed by atoms with van der Waals surface area (Å²) in [6, 6.07) is 8.76. The van der Waals surface area contributed by atoms with Gasteiger partial charge < -0.3 is 9.47 Å². The van der Waals surface area contributed by atoms with Gasteiger partial charge in [0, 0.05) is 18.6 Å². The van der Waals surface area contributed by atoms with Gasteiger partial charge in [-0.15, -0.1) is 0 Å². The fourth-order valence-electron chi connectivity index (χ4n) is 3.04. The molecule has 2 aromatic rings. The standard InChI is InChI=1S/C17H16N2O6/c1-10-9-11(2)25-15-8-4-6-13(19(22)23)17(15)16-12(18(20)21)5-3-7-14(16)24-10/h3-8,10-11H,9H2,1-2H3/t10-,11-/m0/s1. The minimum absolute atomic E-state index is 0.0655. The molecule has 0 saturated carbocycles. The summed E-state index contributed by atoms with van der Waals surface area (Å²) in [5, 5.41) is 23.1. The highest BCUT2D eigenvalue weighted by atomic mass is 16.6. The van der Waals surface area contributed by atoms with Crippen LogP contribution in [0.15, 0.2) is 36.4 Å². The van der Waals surface area contributed by atoms with E-state index < -0.39 is 9.85 Å².